The van der Waals surface area contributed by atoms with E-state index in [9.17, 15) is 5.11 Å². The SMILES string of the molecule is CC1CCCCC1CNCC(O)COCc1cccs1. The van der Waals surface area contributed by atoms with Crippen LogP contribution in [0.25, 0.3) is 0 Å². The molecule has 20 heavy (non-hydrogen) atoms. The summed E-state index contributed by atoms with van der Waals surface area (Å²) in [4.78, 5) is 1.21. The average Bonchev–Trinajstić information content (AvgIpc) is 2.94. The van der Waals surface area contributed by atoms with Gasteiger partial charge in [-0.3, -0.25) is 0 Å². The first-order chi connectivity index (χ1) is 9.75. The van der Waals surface area contributed by atoms with Crippen LogP contribution in [0.5, 0.6) is 0 Å². The second-order valence-electron chi connectivity index (χ2n) is 5.93. The predicted molar refractivity (Wildman–Crippen MR) is 84.0 cm³/mol. The van der Waals surface area contributed by atoms with Crippen LogP contribution < -0.4 is 5.32 Å². The van der Waals surface area contributed by atoms with Gasteiger partial charge in [-0.2, -0.15) is 0 Å². The fraction of sp³-hybridized carbons (Fsp3) is 0.750. The maximum Gasteiger partial charge on any atom is 0.0897 e. The molecular weight excluding hydrogens is 270 g/mol. The Bertz CT molecular complexity index is 355. The quantitative estimate of drug-likeness (QED) is 0.775. The fourth-order valence-electron chi connectivity index (χ4n) is 2.88. The monoisotopic (exact) mass is 297 g/mol. The Kier molecular flexibility index (Phi) is 7.00. The van der Waals surface area contributed by atoms with Gasteiger partial charge < -0.3 is 15.2 Å². The average molecular weight is 297 g/mol. The Balaban J connectivity index is 1.52. The second kappa shape index (κ2) is 8.78. The number of aliphatic hydroxyl groups is 1. The van der Waals surface area contributed by atoms with Gasteiger partial charge in [0.1, 0.15) is 0 Å². The van der Waals surface area contributed by atoms with Gasteiger partial charge in [-0.05, 0) is 36.2 Å². The van der Waals surface area contributed by atoms with E-state index >= 15 is 0 Å². The van der Waals surface area contributed by atoms with Crippen molar-refractivity contribution >= 4 is 11.3 Å². The van der Waals surface area contributed by atoms with Crippen LogP contribution >= 0.6 is 11.3 Å². The summed E-state index contributed by atoms with van der Waals surface area (Å²) in [5.74, 6) is 1.60. The highest BCUT2D eigenvalue weighted by atomic mass is 32.1. The van der Waals surface area contributed by atoms with Crippen LogP contribution in [0.3, 0.4) is 0 Å². The summed E-state index contributed by atoms with van der Waals surface area (Å²) in [6.07, 6.45) is 5.03. The molecule has 0 aromatic carbocycles. The van der Waals surface area contributed by atoms with E-state index in [0.29, 0.717) is 19.8 Å². The zero-order chi connectivity index (χ0) is 14.2. The molecule has 2 rings (SSSR count). The molecule has 1 saturated carbocycles. The first kappa shape index (κ1) is 16.0. The summed E-state index contributed by atoms with van der Waals surface area (Å²) in [6.45, 7) is 5.03. The fourth-order valence-corrected chi connectivity index (χ4v) is 3.52. The van der Waals surface area contributed by atoms with Crippen LogP contribution in [-0.2, 0) is 11.3 Å². The number of hydrogen-bond acceptors (Lipinski definition) is 4. The molecule has 3 unspecified atom stereocenters. The van der Waals surface area contributed by atoms with Crippen molar-refractivity contribution in [1.29, 1.82) is 0 Å². The summed E-state index contributed by atoms with van der Waals surface area (Å²) < 4.78 is 5.52. The maximum absolute atomic E-state index is 9.89. The van der Waals surface area contributed by atoms with Gasteiger partial charge in [0.25, 0.3) is 0 Å². The minimum absolute atomic E-state index is 0.408. The Morgan fingerprint density at radius 3 is 3.05 bits per heavy atom. The number of thiophene rings is 1. The first-order valence-corrected chi connectivity index (χ1v) is 8.62. The molecule has 0 aliphatic heterocycles. The highest BCUT2D eigenvalue weighted by Gasteiger charge is 2.20. The Labute approximate surface area is 126 Å². The van der Waals surface area contributed by atoms with E-state index in [0.717, 1.165) is 18.4 Å². The van der Waals surface area contributed by atoms with E-state index in [1.54, 1.807) is 11.3 Å². The van der Waals surface area contributed by atoms with Gasteiger partial charge in [0.05, 0.1) is 19.3 Å². The molecule has 3 atom stereocenters. The van der Waals surface area contributed by atoms with Crippen LogP contribution in [0, 0.1) is 11.8 Å². The first-order valence-electron chi connectivity index (χ1n) is 7.74. The second-order valence-corrected chi connectivity index (χ2v) is 6.96. The largest absolute Gasteiger partial charge is 0.389 e. The lowest BCUT2D eigenvalue weighted by molar-refractivity contribution is 0.0289. The highest BCUT2D eigenvalue weighted by Crippen LogP contribution is 2.28. The molecule has 1 aromatic heterocycles. The van der Waals surface area contributed by atoms with E-state index in [2.05, 4.69) is 18.3 Å². The minimum Gasteiger partial charge on any atom is -0.389 e. The Morgan fingerprint density at radius 2 is 2.30 bits per heavy atom. The van der Waals surface area contributed by atoms with Gasteiger partial charge in [-0.25, -0.2) is 0 Å². The van der Waals surface area contributed by atoms with E-state index in [-0.39, 0.29) is 0 Å². The molecule has 1 aliphatic rings. The third kappa shape index (κ3) is 5.52. The number of rotatable bonds is 8. The number of ether oxygens (including phenoxy) is 1. The van der Waals surface area contributed by atoms with Crippen LogP contribution in [0.1, 0.15) is 37.5 Å². The molecule has 4 heteroatoms. The molecule has 0 amide bonds. The zero-order valence-electron chi connectivity index (χ0n) is 12.4. The third-order valence-electron chi connectivity index (χ3n) is 4.21. The van der Waals surface area contributed by atoms with Gasteiger partial charge in [0.15, 0.2) is 0 Å². The Hall–Kier alpha value is -0.420. The lowest BCUT2D eigenvalue weighted by Crippen LogP contribution is -2.35. The molecule has 1 aromatic rings. The molecule has 2 N–H and O–H groups in total. The van der Waals surface area contributed by atoms with E-state index in [1.165, 1.54) is 30.6 Å². The molecule has 0 saturated heterocycles. The molecule has 1 aliphatic carbocycles. The van der Waals surface area contributed by atoms with Crippen molar-refractivity contribution in [2.24, 2.45) is 11.8 Å². The predicted octanol–water partition coefficient (Wildman–Crippen LogP) is 3.04. The van der Waals surface area contributed by atoms with Gasteiger partial charge in [-0.15, -0.1) is 11.3 Å². The van der Waals surface area contributed by atoms with E-state index in [4.69, 9.17) is 4.74 Å². The van der Waals surface area contributed by atoms with Crippen molar-refractivity contribution in [3.8, 4) is 0 Å². The van der Waals surface area contributed by atoms with Gasteiger partial charge in [-0.1, -0.05) is 32.3 Å². The smallest absolute Gasteiger partial charge is 0.0897 e. The van der Waals surface area contributed by atoms with Crippen molar-refractivity contribution in [1.82, 2.24) is 5.32 Å². The summed E-state index contributed by atoms with van der Waals surface area (Å²) >= 11 is 1.69. The molecule has 0 radical (unpaired) electrons. The maximum atomic E-state index is 9.89. The normalized spacial score (nSPS) is 24.7. The Morgan fingerprint density at radius 1 is 1.45 bits per heavy atom. The number of aliphatic hydroxyl groups excluding tert-OH is 1. The molecule has 114 valence electrons. The van der Waals surface area contributed by atoms with Crippen LogP contribution in [0.15, 0.2) is 17.5 Å². The van der Waals surface area contributed by atoms with Crippen molar-refractivity contribution in [2.45, 2.75) is 45.3 Å². The van der Waals surface area contributed by atoms with Gasteiger partial charge in [0, 0.05) is 11.4 Å². The minimum atomic E-state index is -0.408. The van der Waals surface area contributed by atoms with Crippen molar-refractivity contribution in [3.05, 3.63) is 22.4 Å². The lowest BCUT2D eigenvalue weighted by Gasteiger charge is -2.29. The lowest BCUT2D eigenvalue weighted by atomic mass is 9.80. The van der Waals surface area contributed by atoms with Gasteiger partial charge >= 0.3 is 0 Å². The number of hydrogen-bond donors (Lipinski definition) is 2. The van der Waals surface area contributed by atoms with E-state index in [1.807, 2.05) is 11.4 Å². The van der Waals surface area contributed by atoms with Crippen molar-refractivity contribution in [2.75, 3.05) is 19.7 Å². The molecule has 0 spiro atoms. The summed E-state index contributed by atoms with van der Waals surface area (Å²) in [6, 6.07) is 4.08. The molecule has 1 fully saturated rings. The summed E-state index contributed by atoms with van der Waals surface area (Å²) in [5.41, 5.74) is 0. The van der Waals surface area contributed by atoms with Crippen LogP contribution in [0.2, 0.25) is 0 Å². The summed E-state index contributed by atoms with van der Waals surface area (Å²) in [5, 5.41) is 15.3. The molecule has 1 heterocycles. The zero-order valence-corrected chi connectivity index (χ0v) is 13.2. The standard InChI is InChI=1S/C16H27NO2S/c1-13-5-2-3-6-14(13)9-17-10-15(18)11-19-12-16-7-4-8-20-16/h4,7-8,13-15,17-18H,2-3,5-6,9-12H2,1H3. The van der Waals surface area contributed by atoms with E-state index < -0.39 is 6.10 Å². The number of nitrogens with one attached hydrogen (secondary N) is 1. The molecule has 0 bridgehead atoms. The topological polar surface area (TPSA) is 41.5 Å². The molecular formula is C16H27NO2S. The van der Waals surface area contributed by atoms with Crippen LogP contribution in [0.4, 0.5) is 0 Å². The van der Waals surface area contributed by atoms with Crippen LogP contribution in [-0.4, -0.2) is 30.9 Å². The summed E-state index contributed by atoms with van der Waals surface area (Å²) in [7, 11) is 0. The van der Waals surface area contributed by atoms with Gasteiger partial charge in [0.2, 0.25) is 0 Å². The van der Waals surface area contributed by atoms with Crippen molar-refractivity contribution < 1.29 is 9.84 Å². The third-order valence-corrected chi connectivity index (χ3v) is 5.06. The van der Waals surface area contributed by atoms with Crippen molar-refractivity contribution in [3.63, 3.8) is 0 Å². The molecule has 3 nitrogen and oxygen atoms in total. The highest BCUT2D eigenvalue weighted by molar-refractivity contribution is 7.09.